The molecule has 0 unspecified atom stereocenters. The van der Waals surface area contributed by atoms with E-state index in [4.69, 9.17) is 9.84 Å². The zero-order valence-electron chi connectivity index (χ0n) is 9.63. The predicted octanol–water partition coefficient (Wildman–Crippen LogP) is 3.11. The van der Waals surface area contributed by atoms with Crippen molar-refractivity contribution < 1.29 is 14.6 Å². The molecule has 0 aliphatic heterocycles. The van der Waals surface area contributed by atoms with Gasteiger partial charge in [-0.2, -0.15) is 0 Å². The summed E-state index contributed by atoms with van der Waals surface area (Å²) in [5, 5.41) is 8.56. The largest absolute Gasteiger partial charge is 0.490 e. The molecule has 1 aliphatic rings. The fourth-order valence-electron chi connectivity index (χ4n) is 2.06. The molecule has 3 heteroatoms. The van der Waals surface area contributed by atoms with Gasteiger partial charge in [-0.15, -0.1) is 0 Å². The van der Waals surface area contributed by atoms with Crippen LogP contribution < -0.4 is 4.74 Å². The van der Waals surface area contributed by atoms with Crippen molar-refractivity contribution in [2.75, 3.05) is 0 Å². The number of carboxylic acids is 1. The minimum atomic E-state index is -0.938. The van der Waals surface area contributed by atoms with E-state index in [0.717, 1.165) is 30.2 Å². The van der Waals surface area contributed by atoms with Gasteiger partial charge in [0.25, 0.3) is 0 Å². The number of rotatable bonds is 4. The number of aliphatic carboxylic acids is 1. The van der Waals surface area contributed by atoms with E-state index in [0.29, 0.717) is 6.10 Å². The number of hydrogen-bond acceptors (Lipinski definition) is 2. The summed E-state index contributed by atoms with van der Waals surface area (Å²) in [5.41, 5.74) is 0.850. The van der Waals surface area contributed by atoms with Gasteiger partial charge in [0.2, 0.25) is 0 Å². The fourth-order valence-corrected chi connectivity index (χ4v) is 2.06. The zero-order valence-corrected chi connectivity index (χ0v) is 9.63. The molecule has 1 saturated carbocycles. The molecular formula is C14H16O3. The van der Waals surface area contributed by atoms with Crippen molar-refractivity contribution in [3.05, 3.63) is 35.9 Å². The molecular weight excluding hydrogens is 216 g/mol. The Kier molecular flexibility index (Phi) is 3.81. The standard InChI is InChI=1S/C14H16O3/c15-14(16)9-8-11-4-3-7-13(10-11)17-12-5-1-2-6-12/h3-4,7-10,12H,1-2,5-6H2,(H,15,16)/b9-8-. The molecule has 17 heavy (non-hydrogen) atoms. The normalized spacial score (nSPS) is 16.5. The highest BCUT2D eigenvalue weighted by molar-refractivity contribution is 5.85. The van der Waals surface area contributed by atoms with Gasteiger partial charge >= 0.3 is 5.97 Å². The van der Waals surface area contributed by atoms with E-state index < -0.39 is 5.97 Å². The number of benzene rings is 1. The first kappa shape index (κ1) is 11.7. The van der Waals surface area contributed by atoms with Crippen molar-refractivity contribution in [2.24, 2.45) is 0 Å². The highest BCUT2D eigenvalue weighted by Gasteiger charge is 2.16. The maximum Gasteiger partial charge on any atom is 0.328 e. The van der Waals surface area contributed by atoms with Crippen LogP contribution in [0.1, 0.15) is 31.2 Å². The average Bonchev–Trinajstić information content (AvgIpc) is 2.80. The number of ether oxygens (including phenoxy) is 1. The molecule has 1 aromatic carbocycles. The van der Waals surface area contributed by atoms with Gasteiger partial charge in [0, 0.05) is 6.08 Å². The number of carboxylic acid groups (broad SMARTS) is 1. The van der Waals surface area contributed by atoms with Crippen molar-refractivity contribution in [3.8, 4) is 5.75 Å². The topological polar surface area (TPSA) is 46.5 Å². The summed E-state index contributed by atoms with van der Waals surface area (Å²) >= 11 is 0. The van der Waals surface area contributed by atoms with Crippen LogP contribution in [0.15, 0.2) is 30.3 Å². The Hall–Kier alpha value is -1.77. The number of carbonyl (C=O) groups is 1. The molecule has 0 bridgehead atoms. The highest BCUT2D eigenvalue weighted by Crippen LogP contribution is 2.24. The molecule has 90 valence electrons. The summed E-state index contributed by atoms with van der Waals surface area (Å²) in [6.45, 7) is 0. The summed E-state index contributed by atoms with van der Waals surface area (Å²) in [5.74, 6) is -0.114. The second-order valence-corrected chi connectivity index (χ2v) is 4.27. The lowest BCUT2D eigenvalue weighted by Gasteiger charge is -2.13. The van der Waals surface area contributed by atoms with Gasteiger partial charge < -0.3 is 9.84 Å². The van der Waals surface area contributed by atoms with Gasteiger partial charge in [-0.05, 0) is 49.5 Å². The third-order valence-electron chi connectivity index (χ3n) is 2.88. The molecule has 2 rings (SSSR count). The van der Waals surface area contributed by atoms with Crippen LogP contribution in [0.5, 0.6) is 5.75 Å². The van der Waals surface area contributed by atoms with E-state index in [9.17, 15) is 4.79 Å². The third-order valence-corrected chi connectivity index (χ3v) is 2.88. The molecule has 1 N–H and O–H groups in total. The Morgan fingerprint density at radius 3 is 2.82 bits per heavy atom. The van der Waals surface area contributed by atoms with Gasteiger partial charge in [-0.25, -0.2) is 4.79 Å². The Morgan fingerprint density at radius 1 is 1.35 bits per heavy atom. The van der Waals surface area contributed by atoms with Gasteiger partial charge in [0.1, 0.15) is 5.75 Å². The maximum absolute atomic E-state index is 10.4. The van der Waals surface area contributed by atoms with E-state index in [2.05, 4.69) is 0 Å². The van der Waals surface area contributed by atoms with E-state index in [1.54, 1.807) is 6.08 Å². The highest BCUT2D eigenvalue weighted by atomic mass is 16.5. The lowest BCUT2D eigenvalue weighted by molar-refractivity contribution is -0.131. The first-order valence-corrected chi connectivity index (χ1v) is 5.92. The Balaban J connectivity index is 2.02. The first-order chi connectivity index (χ1) is 8.24. The van der Waals surface area contributed by atoms with E-state index in [-0.39, 0.29) is 0 Å². The molecule has 0 radical (unpaired) electrons. The SMILES string of the molecule is O=C(O)/C=C\c1cccc(OC2CCCC2)c1. The lowest BCUT2D eigenvalue weighted by atomic mass is 10.2. The minimum absolute atomic E-state index is 0.328. The molecule has 3 nitrogen and oxygen atoms in total. The Bertz CT molecular complexity index is 417. The van der Waals surface area contributed by atoms with E-state index >= 15 is 0 Å². The van der Waals surface area contributed by atoms with Crippen LogP contribution in [0, 0.1) is 0 Å². The zero-order chi connectivity index (χ0) is 12.1. The second kappa shape index (κ2) is 5.53. The van der Waals surface area contributed by atoms with Crippen molar-refractivity contribution in [2.45, 2.75) is 31.8 Å². The van der Waals surface area contributed by atoms with Crippen molar-refractivity contribution >= 4 is 12.0 Å². The van der Waals surface area contributed by atoms with Gasteiger partial charge in [0.15, 0.2) is 0 Å². The van der Waals surface area contributed by atoms with Crippen molar-refractivity contribution in [1.82, 2.24) is 0 Å². The number of hydrogen-bond donors (Lipinski definition) is 1. The monoisotopic (exact) mass is 232 g/mol. The summed E-state index contributed by atoms with van der Waals surface area (Å²) in [7, 11) is 0. The van der Waals surface area contributed by atoms with Crippen LogP contribution in [0.3, 0.4) is 0 Å². The molecule has 1 aromatic rings. The maximum atomic E-state index is 10.4. The van der Waals surface area contributed by atoms with Crippen molar-refractivity contribution in [1.29, 1.82) is 0 Å². The molecule has 1 fully saturated rings. The van der Waals surface area contributed by atoms with Gasteiger partial charge in [-0.1, -0.05) is 12.1 Å². The molecule has 0 saturated heterocycles. The van der Waals surface area contributed by atoms with E-state index in [1.807, 2.05) is 24.3 Å². The summed E-state index contributed by atoms with van der Waals surface area (Å²) in [6, 6.07) is 7.53. The first-order valence-electron chi connectivity index (χ1n) is 5.92. The Labute approximate surface area is 101 Å². The van der Waals surface area contributed by atoms with Crippen LogP contribution in [-0.2, 0) is 4.79 Å². The van der Waals surface area contributed by atoms with Crippen LogP contribution in [0.2, 0.25) is 0 Å². The van der Waals surface area contributed by atoms with Crippen LogP contribution in [-0.4, -0.2) is 17.2 Å². The minimum Gasteiger partial charge on any atom is -0.490 e. The second-order valence-electron chi connectivity index (χ2n) is 4.27. The fraction of sp³-hybridized carbons (Fsp3) is 0.357. The molecule has 0 aromatic heterocycles. The third kappa shape index (κ3) is 3.63. The van der Waals surface area contributed by atoms with Crippen LogP contribution >= 0.6 is 0 Å². The predicted molar refractivity (Wildman–Crippen MR) is 66.0 cm³/mol. The average molecular weight is 232 g/mol. The lowest BCUT2D eigenvalue weighted by Crippen LogP contribution is -2.10. The molecule has 0 atom stereocenters. The Morgan fingerprint density at radius 2 is 2.12 bits per heavy atom. The summed E-state index contributed by atoms with van der Waals surface area (Å²) in [6.07, 6.45) is 7.75. The molecule has 0 amide bonds. The van der Waals surface area contributed by atoms with E-state index in [1.165, 1.54) is 12.8 Å². The molecule has 0 heterocycles. The van der Waals surface area contributed by atoms with Crippen LogP contribution in [0.4, 0.5) is 0 Å². The van der Waals surface area contributed by atoms with Gasteiger partial charge in [-0.3, -0.25) is 0 Å². The summed E-state index contributed by atoms with van der Waals surface area (Å²) < 4.78 is 5.84. The smallest absolute Gasteiger partial charge is 0.328 e. The van der Waals surface area contributed by atoms with Crippen molar-refractivity contribution in [3.63, 3.8) is 0 Å². The summed E-state index contributed by atoms with van der Waals surface area (Å²) in [4.78, 5) is 10.4. The quantitative estimate of drug-likeness (QED) is 0.811. The van der Waals surface area contributed by atoms with Gasteiger partial charge in [0.05, 0.1) is 6.10 Å². The molecule has 1 aliphatic carbocycles. The molecule has 0 spiro atoms. The van der Waals surface area contributed by atoms with Crippen LogP contribution in [0.25, 0.3) is 6.08 Å².